The lowest BCUT2D eigenvalue weighted by Gasteiger charge is -2.50. The third kappa shape index (κ3) is 3.61. The van der Waals surface area contributed by atoms with Crippen molar-refractivity contribution in [1.82, 2.24) is 4.90 Å². The highest BCUT2D eigenvalue weighted by molar-refractivity contribution is 6.24. The Morgan fingerprint density at radius 2 is 1.79 bits per heavy atom. The Bertz CT molecular complexity index is 1510. The van der Waals surface area contributed by atoms with E-state index in [0.29, 0.717) is 16.7 Å². The number of aliphatic hydroxyl groups excluding tert-OH is 2. The summed E-state index contributed by atoms with van der Waals surface area (Å²) in [5, 5.41) is 45.1. The first-order chi connectivity index (χ1) is 18.3. The molecule has 1 fully saturated rings. The SMILES string of the molecule is CN(C)[C@@H]1C(=O)C(C(N)=O)=C(O)[C@@]2(O)C(=O)C3=C(O)c4c(O)c(CN)cc(-c5ccc(F)cc5)c4C[C@H]3C[C@@H]12. The Kier molecular flexibility index (Phi) is 6.13. The molecular formula is C28H28FN3O7. The number of phenols is 1. The quantitative estimate of drug-likeness (QED) is 0.312. The molecule has 3 aliphatic rings. The summed E-state index contributed by atoms with van der Waals surface area (Å²) in [6.45, 7) is -0.114. The first-order valence-corrected chi connectivity index (χ1v) is 12.3. The molecule has 8 N–H and O–H groups in total. The Balaban J connectivity index is 1.77. The molecule has 2 aromatic rings. The van der Waals surface area contributed by atoms with E-state index in [1.165, 1.54) is 31.1 Å². The van der Waals surface area contributed by atoms with Crippen LogP contribution in [-0.2, 0) is 27.3 Å². The molecule has 10 nitrogen and oxygen atoms in total. The van der Waals surface area contributed by atoms with Gasteiger partial charge >= 0.3 is 0 Å². The molecule has 0 unspecified atom stereocenters. The highest BCUT2D eigenvalue weighted by Crippen LogP contribution is 2.54. The first kappa shape index (κ1) is 26.5. The fourth-order valence-corrected chi connectivity index (χ4v) is 6.41. The number of primary amides is 1. The first-order valence-electron chi connectivity index (χ1n) is 12.3. The van der Waals surface area contributed by atoms with E-state index in [9.17, 15) is 39.2 Å². The Labute approximate surface area is 222 Å². The number of aromatic hydroxyl groups is 1. The number of ketones is 2. The molecule has 11 heteroatoms. The number of halogens is 1. The molecule has 0 aromatic heterocycles. The zero-order valence-corrected chi connectivity index (χ0v) is 21.2. The standard InChI is InChI=1S/C28H28FN3O7/c1-32(2)21-17-9-12-7-16-15(11-3-5-14(29)6-4-11)8-13(10-30)22(33)19(16)23(34)18(12)25(36)28(17,39)26(37)20(24(21)35)27(31)38/h3-6,8,12,17,21,33-34,37,39H,7,9-10,30H2,1-2H3,(H2,31,38)/t12-,17-,21-,28-/m0/s1. The minimum absolute atomic E-state index is 0.0337. The van der Waals surface area contributed by atoms with Crippen molar-refractivity contribution in [3.8, 4) is 16.9 Å². The van der Waals surface area contributed by atoms with Gasteiger partial charge in [-0.15, -0.1) is 0 Å². The van der Waals surface area contributed by atoms with E-state index in [-0.39, 0.29) is 41.8 Å². The van der Waals surface area contributed by atoms with E-state index in [0.717, 1.165) is 0 Å². The normalized spacial score (nSPS) is 26.5. The van der Waals surface area contributed by atoms with Gasteiger partial charge in [0, 0.05) is 23.6 Å². The maximum Gasteiger partial charge on any atom is 0.255 e. The van der Waals surface area contributed by atoms with Gasteiger partial charge in [-0.2, -0.15) is 0 Å². The molecule has 0 heterocycles. The van der Waals surface area contributed by atoms with Gasteiger partial charge in [0.15, 0.2) is 11.4 Å². The summed E-state index contributed by atoms with van der Waals surface area (Å²) in [5.74, 6) is -7.68. The number of Topliss-reactive ketones (excluding diaryl/α,β-unsaturated/α-hetero) is 2. The number of amides is 1. The summed E-state index contributed by atoms with van der Waals surface area (Å²) >= 11 is 0. The second kappa shape index (κ2) is 9.01. The molecule has 0 saturated heterocycles. The van der Waals surface area contributed by atoms with Crippen LogP contribution in [0.5, 0.6) is 5.75 Å². The number of hydrogen-bond donors (Lipinski definition) is 6. The van der Waals surface area contributed by atoms with E-state index < -0.39 is 63.9 Å². The van der Waals surface area contributed by atoms with Crippen LogP contribution in [0.1, 0.15) is 23.1 Å². The molecule has 0 spiro atoms. The zero-order valence-electron chi connectivity index (χ0n) is 21.2. The number of hydrogen-bond acceptors (Lipinski definition) is 9. The monoisotopic (exact) mass is 537 g/mol. The van der Waals surface area contributed by atoms with Gasteiger partial charge in [0.2, 0.25) is 5.78 Å². The second-order valence-corrected chi connectivity index (χ2v) is 10.5. The number of fused-ring (bicyclic) bond motifs is 3. The van der Waals surface area contributed by atoms with Gasteiger partial charge in [0.05, 0.1) is 11.6 Å². The number of nitrogens with two attached hydrogens (primary N) is 2. The maximum absolute atomic E-state index is 14.0. The molecule has 4 atom stereocenters. The molecule has 0 radical (unpaired) electrons. The van der Waals surface area contributed by atoms with E-state index in [1.807, 2.05) is 0 Å². The summed E-state index contributed by atoms with van der Waals surface area (Å²) in [4.78, 5) is 40.7. The average Bonchev–Trinajstić information content (AvgIpc) is 2.86. The predicted octanol–water partition coefficient (Wildman–Crippen LogP) is 1.23. The number of carbonyl (C=O) groups excluding carboxylic acids is 3. The third-order valence-electron chi connectivity index (χ3n) is 8.17. The zero-order chi connectivity index (χ0) is 28.5. The lowest BCUT2D eigenvalue weighted by molar-refractivity contribution is -0.153. The highest BCUT2D eigenvalue weighted by Gasteiger charge is 2.64. The van der Waals surface area contributed by atoms with Crippen molar-refractivity contribution in [3.05, 3.63) is 69.7 Å². The fourth-order valence-electron chi connectivity index (χ4n) is 6.41. The van der Waals surface area contributed by atoms with Crippen molar-refractivity contribution in [1.29, 1.82) is 0 Å². The number of rotatable bonds is 4. The molecule has 2 aromatic carbocycles. The van der Waals surface area contributed by atoms with Crippen LogP contribution in [0.3, 0.4) is 0 Å². The minimum Gasteiger partial charge on any atom is -0.508 e. The second-order valence-electron chi connectivity index (χ2n) is 10.5. The van der Waals surface area contributed by atoms with Gasteiger partial charge in [0.25, 0.3) is 5.91 Å². The number of carbonyl (C=O) groups is 3. The molecule has 39 heavy (non-hydrogen) atoms. The van der Waals surface area contributed by atoms with Gasteiger partial charge in [-0.25, -0.2) is 4.39 Å². The summed E-state index contributed by atoms with van der Waals surface area (Å²) in [5.41, 5.74) is 9.16. The smallest absolute Gasteiger partial charge is 0.255 e. The summed E-state index contributed by atoms with van der Waals surface area (Å²) in [7, 11) is 3.07. The summed E-state index contributed by atoms with van der Waals surface area (Å²) in [6, 6.07) is 6.09. The van der Waals surface area contributed by atoms with Crippen molar-refractivity contribution < 1.29 is 39.2 Å². The Hall–Kier alpha value is -4.06. The number of likely N-dealkylation sites (N-methyl/N-ethyl adjacent to an activating group) is 1. The number of nitrogens with zero attached hydrogens (tertiary/aromatic N) is 1. The van der Waals surface area contributed by atoms with E-state index in [1.54, 1.807) is 18.2 Å². The Morgan fingerprint density at radius 1 is 1.15 bits per heavy atom. The van der Waals surface area contributed by atoms with Crippen LogP contribution in [0.2, 0.25) is 0 Å². The predicted molar refractivity (Wildman–Crippen MR) is 138 cm³/mol. The average molecular weight is 538 g/mol. The molecule has 0 aliphatic heterocycles. The maximum atomic E-state index is 14.0. The van der Waals surface area contributed by atoms with Gasteiger partial charge in [-0.3, -0.25) is 19.3 Å². The van der Waals surface area contributed by atoms with Gasteiger partial charge in [0.1, 0.15) is 28.7 Å². The van der Waals surface area contributed by atoms with Gasteiger partial charge in [-0.1, -0.05) is 12.1 Å². The molecule has 204 valence electrons. The van der Waals surface area contributed by atoms with Crippen molar-refractivity contribution >= 4 is 23.2 Å². The molecule has 1 amide bonds. The molecule has 1 saturated carbocycles. The van der Waals surface area contributed by atoms with Crippen molar-refractivity contribution in [3.63, 3.8) is 0 Å². The van der Waals surface area contributed by atoms with Gasteiger partial charge in [-0.05, 0) is 67.7 Å². The van der Waals surface area contributed by atoms with Crippen LogP contribution >= 0.6 is 0 Å². The minimum atomic E-state index is -2.72. The van der Waals surface area contributed by atoms with Crippen LogP contribution in [0.25, 0.3) is 16.9 Å². The van der Waals surface area contributed by atoms with E-state index in [4.69, 9.17) is 11.5 Å². The molecule has 5 rings (SSSR count). The topological polar surface area (TPSA) is 187 Å². The third-order valence-corrected chi connectivity index (χ3v) is 8.17. The number of benzene rings is 2. The highest BCUT2D eigenvalue weighted by atomic mass is 19.1. The lowest BCUT2D eigenvalue weighted by Crippen LogP contribution is -2.65. The fraction of sp³-hybridized carbons (Fsp3) is 0.321. The van der Waals surface area contributed by atoms with Crippen LogP contribution in [0.4, 0.5) is 4.39 Å². The number of aliphatic hydroxyl groups is 3. The van der Waals surface area contributed by atoms with E-state index in [2.05, 4.69) is 0 Å². The van der Waals surface area contributed by atoms with Crippen LogP contribution in [0.15, 0.2) is 47.2 Å². The van der Waals surface area contributed by atoms with Crippen LogP contribution in [-0.4, -0.2) is 68.5 Å². The Morgan fingerprint density at radius 3 is 2.36 bits per heavy atom. The molecular weight excluding hydrogens is 509 g/mol. The summed E-state index contributed by atoms with van der Waals surface area (Å²) in [6.07, 6.45) is 0.0771. The summed E-state index contributed by atoms with van der Waals surface area (Å²) < 4.78 is 13.7. The number of phenolic OH excluding ortho intramolecular Hbond substituents is 1. The van der Waals surface area contributed by atoms with Crippen LogP contribution < -0.4 is 11.5 Å². The largest absolute Gasteiger partial charge is 0.508 e. The lowest BCUT2D eigenvalue weighted by atomic mass is 9.57. The van der Waals surface area contributed by atoms with Crippen LogP contribution in [0, 0.1) is 17.7 Å². The van der Waals surface area contributed by atoms with Crippen molar-refractivity contribution in [2.75, 3.05) is 14.1 Å². The molecule has 0 bridgehead atoms. The van der Waals surface area contributed by atoms with Crippen molar-refractivity contribution in [2.45, 2.75) is 31.0 Å². The molecule has 3 aliphatic carbocycles. The van der Waals surface area contributed by atoms with Gasteiger partial charge < -0.3 is 31.9 Å². The van der Waals surface area contributed by atoms with E-state index >= 15 is 0 Å². The van der Waals surface area contributed by atoms with Crippen molar-refractivity contribution in [2.24, 2.45) is 23.3 Å².